The van der Waals surface area contributed by atoms with Gasteiger partial charge in [0.2, 0.25) is 0 Å². The summed E-state index contributed by atoms with van der Waals surface area (Å²) in [6.45, 7) is 12.6. The van der Waals surface area contributed by atoms with E-state index < -0.39 is 26.7 Å². The lowest BCUT2D eigenvalue weighted by Gasteiger charge is -2.47. The number of hydrogen-bond donors (Lipinski definition) is 0. The molecular formula is C21H37F3O5Si. The quantitative estimate of drug-likeness (QED) is 0.302. The summed E-state index contributed by atoms with van der Waals surface area (Å²) >= 11 is 0. The Morgan fingerprint density at radius 3 is 2.30 bits per heavy atom. The maximum absolute atomic E-state index is 12.3. The number of ether oxygens (including phenoxy) is 4. The first-order chi connectivity index (χ1) is 13.7. The van der Waals surface area contributed by atoms with E-state index in [2.05, 4.69) is 33.9 Å². The molecule has 6 atom stereocenters. The van der Waals surface area contributed by atoms with Crippen molar-refractivity contribution in [2.75, 3.05) is 26.9 Å². The first kappa shape index (κ1) is 24.4. The molecule has 2 heterocycles. The average Bonchev–Trinajstić information content (AvgIpc) is 3.49. The second kappa shape index (κ2) is 7.99. The third-order valence-electron chi connectivity index (χ3n) is 7.54. The average molecular weight is 455 g/mol. The van der Waals surface area contributed by atoms with Crippen molar-refractivity contribution in [3.63, 3.8) is 0 Å². The fourth-order valence-corrected chi connectivity index (χ4v) is 6.09. The summed E-state index contributed by atoms with van der Waals surface area (Å²) in [7, 11) is -0.291. The number of halogens is 3. The summed E-state index contributed by atoms with van der Waals surface area (Å²) in [5, 5.41) is 0.0876. The van der Waals surface area contributed by atoms with Gasteiger partial charge in [-0.15, -0.1) is 0 Å². The number of methoxy groups -OCH3 is 1. The Morgan fingerprint density at radius 1 is 1.17 bits per heavy atom. The van der Waals surface area contributed by atoms with Crippen LogP contribution in [0.2, 0.25) is 18.1 Å². The van der Waals surface area contributed by atoms with Crippen molar-refractivity contribution >= 4 is 8.32 Å². The predicted molar refractivity (Wildman–Crippen MR) is 109 cm³/mol. The van der Waals surface area contributed by atoms with Gasteiger partial charge in [-0.2, -0.15) is 13.2 Å². The Labute approximate surface area is 179 Å². The minimum Gasteiger partial charge on any atom is -0.411 e. The van der Waals surface area contributed by atoms with Crippen molar-refractivity contribution in [2.45, 2.75) is 101 Å². The van der Waals surface area contributed by atoms with Gasteiger partial charge in [-0.3, -0.25) is 0 Å². The molecule has 1 saturated carbocycles. The van der Waals surface area contributed by atoms with Gasteiger partial charge < -0.3 is 23.4 Å². The van der Waals surface area contributed by atoms with Gasteiger partial charge in [0.05, 0.1) is 36.4 Å². The second-order valence-corrected chi connectivity index (χ2v) is 15.5. The van der Waals surface area contributed by atoms with Crippen LogP contribution in [0.3, 0.4) is 0 Å². The second-order valence-electron chi connectivity index (χ2n) is 10.7. The molecule has 0 aromatic carbocycles. The highest BCUT2D eigenvalue weighted by Gasteiger charge is 2.72. The van der Waals surface area contributed by atoms with Crippen molar-refractivity contribution < 1.29 is 36.5 Å². The van der Waals surface area contributed by atoms with E-state index in [1.165, 1.54) is 0 Å². The van der Waals surface area contributed by atoms with Gasteiger partial charge in [-0.05, 0) is 44.3 Å². The molecule has 30 heavy (non-hydrogen) atoms. The van der Waals surface area contributed by atoms with Gasteiger partial charge in [0.1, 0.15) is 12.2 Å². The predicted octanol–water partition coefficient (Wildman–Crippen LogP) is 4.70. The monoisotopic (exact) mass is 454 g/mol. The molecule has 0 radical (unpaired) electrons. The number of alkyl halides is 3. The fraction of sp³-hybridized carbons (Fsp3) is 1.00. The van der Waals surface area contributed by atoms with E-state index in [0.29, 0.717) is 13.0 Å². The van der Waals surface area contributed by atoms with Crippen LogP contribution in [0.25, 0.3) is 0 Å². The lowest BCUT2D eigenvalue weighted by atomic mass is 9.68. The summed E-state index contributed by atoms with van der Waals surface area (Å²) < 4.78 is 66.4. The smallest absolute Gasteiger partial charge is 0.411 e. The van der Waals surface area contributed by atoms with E-state index in [0.717, 1.165) is 12.8 Å². The van der Waals surface area contributed by atoms with Gasteiger partial charge in [-0.25, -0.2) is 0 Å². The Hall–Kier alpha value is -0.193. The Morgan fingerprint density at radius 2 is 1.80 bits per heavy atom. The van der Waals surface area contributed by atoms with Crippen LogP contribution in [0.4, 0.5) is 13.2 Å². The van der Waals surface area contributed by atoms with Gasteiger partial charge >= 0.3 is 6.18 Å². The number of rotatable bonds is 8. The molecule has 9 heteroatoms. The van der Waals surface area contributed by atoms with Crippen LogP contribution >= 0.6 is 0 Å². The molecule has 0 N–H and O–H groups in total. The zero-order valence-corrected chi connectivity index (χ0v) is 20.2. The van der Waals surface area contributed by atoms with E-state index in [4.69, 9.17) is 23.4 Å². The first-order valence-corrected chi connectivity index (χ1v) is 13.7. The molecule has 176 valence electrons. The fourth-order valence-electron chi connectivity index (χ4n) is 4.72. The molecule has 1 spiro atoms. The van der Waals surface area contributed by atoms with Crippen molar-refractivity contribution in [1.29, 1.82) is 0 Å². The largest absolute Gasteiger partial charge is 0.411 e. The van der Waals surface area contributed by atoms with Gasteiger partial charge in [-0.1, -0.05) is 20.8 Å². The molecular weight excluding hydrogens is 417 g/mol. The zero-order chi connectivity index (χ0) is 22.6. The van der Waals surface area contributed by atoms with Crippen LogP contribution in [0.1, 0.15) is 47.0 Å². The minimum atomic E-state index is -4.31. The molecule has 1 aliphatic carbocycles. The third-order valence-corrected chi connectivity index (χ3v) is 12.0. The molecule has 3 rings (SSSR count). The van der Waals surface area contributed by atoms with Crippen LogP contribution in [0.5, 0.6) is 0 Å². The van der Waals surface area contributed by atoms with Crippen LogP contribution in [0.15, 0.2) is 0 Å². The molecule has 0 amide bonds. The first-order valence-electron chi connectivity index (χ1n) is 10.8. The van der Waals surface area contributed by atoms with Crippen molar-refractivity contribution in [1.82, 2.24) is 0 Å². The summed E-state index contributed by atoms with van der Waals surface area (Å²) in [5.41, 5.74) is -0.779. The van der Waals surface area contributed by atoms with Crippen LogP contribution in [-0.2, 0) is 23.4 Å². The molecule has 3 fully saturated rings. The Balaban J connectivity index is 1.68. The molecule has 1 unspecified atom stereocenters. The molecule has 2 saturated heterocycles. The Kier molecular flexibility index (Phi) is 6.51. The summed E-state index contributed by atoms with van der Waals surface area (Å²) in [4.78, 5) is 0. The topological polar surface area (TPSA) is 52.8 Å². The van der Waals surface area contributed by atoms with Crippen molar-refractivity contribution in [3.8, 4) is 0 Å². The van der Waals surface area contributed by atoms with E-state index in [1.807, 2.05) is 6.92 Å². The van der Waals surface area contributed by atoms with Crippen LogP contribution < -0.4 is 0 Å². The molecule has 0 aromatic heterocycles. The van der Waals surface area contributed by atoms with Crippen LogP contribution in [-0.4, -0.2) is 70.9 Å². The molecule has 2 aliphatic heterocycles. The standard InChI is InChI=1S/C21H37F3O5Si/c1-18(2,3)30(6,7)29-14-8-10-20(12-27-20)17(16(14)25-5)19(4)15(28-19)9-11-26-13-21(22,23)24/h14-17H,8-13H2,1-7H3/t14-,15-,16-,17-,19?,20+/m1/s1. The highest BCUT2D eigenvalue weighted by atomic mass is 28.4. The molecule has 5 nitrogen and oxygen atoms in total. The van der Waals surface area contributed by atoms with E-state index in [9.17, 15) is 13.2 Å². The normalized spacial score (nSPS) is 39.4. The lowest BCUT2D eigenvalue weighted by Crippen LogP contribution is -2.58. The molecule has 3 aliphatic rings. The summed E-state index contributed by atoms with van der Waals surface area (Å²) in [6.07, 6.45) is -2.52. The third kappa shape index (κ3) is 4.91. The van der Waals surface area contributed by atoms with Crippen LogP contribution in [0, 0.1) is 5.92 Å². The van der Waals surface area contributed by atoms with E-state index >= 15 is 0 Å². The molecule has 0 aromatic rings. The van der Waals surface area contributed by atoms with Crippen molar-refractivity contribution in [3.05, 3.63) is 0 Å². The van der Waals surface area contributed by atoms with E-state index in [-0.39, 0.29) is 41.5 Å². The van der Waals surface area contributed by atoms with Gasteiger partial charge in [0, 0.05) is 13.7 Å². The number of epoxide rings is 2. The summed E-state index contributed by atoms with van der Waals surface area (Å²) in [6, 6.07) is 0. The Bertz CT molecular complexity index is 617. The SMILES string of the molecule is CO[C@H]1[C@H](C2(C)O[C@@H]2CCOCC(F)(F)F)[C@]2(CC[C@H]1O[Si](C)(C)C(C)(C)C)CO2. The maximum Gasteiger partial charge on any atom is 0.411 e. The summed E-state index contributed by atoms with van der Waals surface area (Å²) in [5.74, 6) is -0.0221. The van der Waals surface area contributed by atoms with Gasteiger partial charge in [0.25, 0.3) is 0 Å². The van der Waals surface area contributed by atoms with E-state index in [1.54, 1.807) is 7.11 Å². The molecule has 0 bridgehead atoms. The lowest BCUT2D eigenvalue weighted by molar-refractivity contribution is -0.174. The number of hydrogen-bond acceptors (Lipinski definition) is 5. The van der Waals surface area contributed by atoms with Crippen molar-refractivity contribution in [2.24, 2.45) is 5.92 Å². The minimum absolute atomic E-state index is 0.0158. The maximum atomic E-state index is 12.3. The van der Waals surface area contributed by atoms with Gasteiger partial charge in [0.15, 0.2) is 8.32 Å². The zero-order valence-electron chi connectivity index (χ0n) is 19.2. The highest BCUT2D eigenvalue weighted by Crippen LogP contribution is 2.60. The highest BCUT2D eigenvalue weighted by molar-refractivity contribution is 6.74.